The second kappa shape index (κ2) is 8.43. The van der Waals surface area contributed by atoms with Gasteiger partial charge in [0.25, 0.3) is 0 Å². The third kappa shape index (κ3) is 3.92. The minimum Gasteiger partial charge on any atom is -0.206 e. The number of allylic oxidation sites excluding steroid dienone is 2. The van der Waals surface area contributed by atoms with Gasteiger partial charge in [0.15, 0.2) is 11.6 Å². The van der Waals surface area contributed by atoms with Crippen LogP contribution in [0, 0.1) is 17.5 Å². The first-order valence-corrected chi connectivity index (χ1v) is 9.36. The lowest BCUT2D eigenvalue weighted by molar-refractivity contribution is 0.502. The standard InChI is InChI=1S/C24H23F3/c1-3-5-6-8-19-15-18-13-14-20(23(26)21(18)24(27)22(19)25)17-11-9-16(7-4-2)10-12-17/h3,5,9-15H,4,6-8H2,1-2H3/b5-3+. The fraction of sp³-hybridized carbons (Fsp3) is 0.250. The molecule has 0 saturated heterocycles. The highest BCUT2D eigenvalue weighted by Crippen LogP contribution is 2.33. The van der Waals surface area contributed by atoms with Crippen molar-refractivity contribution in [3.05, 3.63) is 83.2 Å². The Kier molecular flexibility index (Phi) is 6.00. The van der Waals surface area contributed by atoms with E-state index in [-0.39, 0.29) is 16.5 Å². The highest BCUT2D eigenvalue weighted by atomic mass is 19.2. The van der Waals surface area contributed by atoms with Gasteiger partial charge in [-0.25, -0.2) is 13.2 Å². The van der Waals surface area contributed by atoms with E-state index in [1.165, 1.54) is 5.56 Å². The molecule has 0 heterocycles. The summed E-state index contributed by atoms with van der Waals surface area (Å²) in [6, 6.07) is 12.4. The number of rotatable bonds is 6. The number of halogens is 3. The Hall–Kier alpha value is -2.55. The van der Waals surface area contributed by atoms with Gasteiger partial charge < -0.3 is 0 Å². The Morgan fingerprint density at radius 1 is 0.852 bits per heavy atom. The molecule has 3 aromatic carbocycles. The summed E-state index contributed by atoms with van der Waals surface area (Å²) < 4.78 is 44.2. The maximum absolute atomic E-state index is 15.1. The van der Waals surface area contributed by atoms with Gasteiger partial charge in [-0.1, -0.05) is 61.9 Å². The van der Waals surface area contributed by atoms with Crippen molar-refractivity contribution in [2.24, 2.45) is 0 Å². The molecule has 0 spiro atoms. The van der Waals surface area contributed by atoms with Crippen LogP contribution in [0.2, 0.25) is 0 Å². The second-order valence-corrected chi connectivity index (χ2v) is 6.74. The molecular weight excluding hydrogens is 345 g/mol. The van der Waals surface area contributed by atoms with Crippen molar-refractivity contribution in [1.29, 1.82) is 0 Å². The first kappa shape index (κ1) is 19.2. The van der Waals surface area contributed by atoms with Gasteiger partial charge in [-0.15, -0.1) is 0 Å². The maximum Gasteiger partial charge on any atom is 0.169 e. The first-order valence-electron chi connectivity index (χ1n) is 9.36. The Morgan fingerprint density at radius 3 is 2.26 bits per heavy atom. The van der Waals surface area contributed by atoms with E-state index in [0.29, 0.717) is 23.8 Å². The summed E-state index contributed by atoms with van der Waals surface area (Å²) in [7, 11) is 0. The molecule has 0 aliphatic carbocycles. The summed E-state index contributed by atoms with van der Waals surface area (Å²) in [6.45, 7) is 3.98. The van der Waals surface area contributed by atoms with E-state index >= 15 is 4.39 Å². The molecular formula is C24H23F3. The van der Waals surface area contributed by atoms with Crippen LogP contribution in [0.3, 0.4) is 0 Å². The molecule has 3 heteroatoms. The lowest BCUT2D eigenvalue weighted by atomic mass is 9.96. The predicted molar refractivity (Wildman–Crippen MR) is 106 cm³/mol. The highest BCUT2D eigenvalue weighted by molar-refractivity contribution is 5.89. The number of benzene rings is 3. The van der Waals surface area contributed by atoms with E-state index in [1.54, 1.807) is 18.2 Å². The van der Waals surface area contributed by atoms with Crippen LogP contribution in [-0.2, 0) is 12.8 Å². The molecule has 3 rings (SSSR count). The molecule has 0 aliphatic heterocycles. The molecule has 0 fully saturated rings. The SMILES string of the molecule is C/C=C/CCc1cc2ccc(-c3ccc(CCC)cc3)c(F)c2c(F)c1F. The molecule has 0 aliphatic rings. The van der Waals surface area contributed by atoms with Gasteiger partial charge in [-0.2, -0.15) is 0 Å². The number of aryl methyl sites for hydroxylation is 2. The van der Waals surface area contributed by atoms with E-state index in [9.17, 15) is 8.78 Å². The molecule has 0 atom stereocenters. The van der Waals surface area contributed by atoms with Gasteiger partial charge in [0.1, 0.15) is 5.82 Å². The Labute approximate surface area is 158 Å². The molecule has 0 radical (unpaired) electrons. The third-order valence-electron chi connectivity index (χ3n) is 4.82. The molecule has 0 saturated carbocycles. The summed E-state index contributed by atoms with van der Waals surface area (Å²) >= 11 is 0. The lowest BCUT2D eigenvalue weighted by Crippen LogP contribution is -1.99. The largest absolute Gasteiger partial charge is 0.206 e. The summed E-state index contributed by atoms with van der Waals surface area (Å²) in [5.74, 6) is -2.78. The minimum atomic E-state index is -1.11. The molecule has 0 unspecified atom stereocenters. The maximum atomic E-state index is 15.1. The highest BCUT2D eigenvalue weighted by Gasteiger charge is 2.19. The summed E-state index contributed by atoms with van der Waals surface area (Å²) in [5.41, 5.74) is 2.39. The van der Waals surface area contributed by atoms with Gasteiger partial charge in [0.05, 0.1) is 5.39 Å². The van der Waals surface area contributed by atoms with Gasteiger partial charge in [-0.05, 0) is 54.3 Å². The predicted octanol–water partition coefficient (Wildman–Crippen LogP) is 7.39. The van der Waals surface area contributed by atoms with Crippen LogP contribution in [0.5, 0.6) is 0 Å². The normalized spacial score (nSPS) is 11.6. The van der Waals surface area contributed by atoms with Crippen LogP contribution < -0.4 is 0 Å². The Balaban J connectivity index is 2.06. The molecule has 3 aromatic rings. The summed E-state index contributed by atoms with van der Waals surface area (Å²) in [4.78, 5) is 0. The Morgan fingerprint density at radius 2 is 1.59 bits per heavy atom. The molecule has 0 nitrogen and oxygen atoms in total. The zero-order valence-electron chi connectivity index (χ0n) is 15.7. The van der Waals surface area contributed by atoms with Gasteiger partial charge in [0, 0.05) is 5.56 Å². The molecule has 0 amide bonds. The molecule has 0 aromatic heterocycles. The number of hydrogen-bond donors (Lipinski definition) is 0. The van der Waals surface area contributed by atoms with Crippen molar-refractivity contribution in [2.45, 2.75) is 39.5 Å². The third-order valence-corrected chi connectivity index (χ3v) is 4.82. The van der Waals surface area contributed by atoms with Gasteiger partial charge >= 0.3 is 0 Å². The van der Waals surface area contributed by atoms with E-state index in [2.05, 4.69) is 6.92 Å². The second-order valence-electron chi connectivity index (χ2n) is 6.74. The molecule has 27 heavy (non-hydrogen) atoms. The van der Waals surface area contributed by atoms with Crippen molar-refractivity contribution in [1.82, 2.24) is 0 Å². The quantitative estimate of drug-likeness (QED) is 0.398. The van der Waals surface area contributed by atoms with E-state index in [1.807, 2.05) is 43.3 Å². The Bertz CT molecular complexity index is 969. The summed E-state index contributed by atoms with van der Waals surface area (Å²) in [6.07, 6.45) is 6.75. The monoisotopic (exact) mass is 368 g/mol. The van der Waals surface area contributed by atoms with Crippen LogP contribution in [0.15, 0.2) is 54.6 Å². The van der Waals surface area contributed by atoms with Crippen molar-refractivity contribution in [2.75, 3.05) is 0 Å². The van der Waals surface area contributed by atoms with Crippen LogP contribution in [0.4, 0.5) is 13.2 Å². The minimum absolute atomic E-state index is 0.272. The zero-order chi connectivity index (χ0) is 19.4. The first-order chi connectivity index (χ1) is 13.1. The molecule has 0 N–H and O–H groups in total. The van der Waals surface area contributed by atoms with E-state index in [4.69, 9.17) is 0 Å². The van der Waals surface area contributed by atoms with Crippen molar-refractivity contribution >= 4 is 10.8 Å². The average Bonchev–Trinajstić information content (AvgIpc) is 2.67. The zero-order valence-corrected chi connectivity index (χ0v) is 15.7. The van der Waals surface area contributed by atoms with Crippen LogP contribution >= 0.6 is 0 Å². The molecule has 140 valence electrons. The average molecular weight is 368 g/mol. The van der Waals surface area contributed by atoms with Crippen LogP contribution in [0.1, 0.15) is 37.8 Å². The molecule has 0 bridgehead atoms. The van der Waals surface area contributed by atoms with Crippen molar-refractivity contribution < 1.29 is 13.2 Å². The number of hydrogen-bond acceptors (Lipinski definition) is 0. The van der Waals surface area contributed by atoms with Crippen molar-refractivity contribution in [3.8, 4) is 11.1 Å². The van der Waals surface area contributed by atoms with Crippen molar-refractivity contribution in [3.63, 3.8) is 0 Å². The number of fused-ring (bicyclic) bond motifs is 1. The van der Waals surface area contributed by atoms with Crippen LogP contribution in [0.25, 0.3) is 21.9 Å². The van der Waals surface area contributed by atoms with Gasteiger partial charge in [-0.3, -0.25) is 0 Å². The fourth-order valence-corrected chi connectivity index (χ4v) is 3.39. The van der Waals surface area contributed by atoms with E-state index < -0.39 is 17.5 Å². The van der Waals surface area contributed by atoms with E-state index in [0.717, 1.165) is 12.8 Å². The topological polar surface area (TPSA) is 0 Å². The fourth-order valence-electron chi connectivity index (χ4n) is 3.39. The lowest BCUT2D eigenvalue weighted by Gasteiger charge is -2.11. The summed E-state index contributed by atoms with van der Waals surface area (Å²) in [5, 5.41) is 0.102. The van der Waals surface area contributed by atoms with Crippen LogP contribution in [-0.4, -0.2) is 0 Å². The van der Waals surface area contributed by atoms with Gasteiger partial charge in [0.2, 0.25) is 0 Å². The smallest absolute Gasteiger partial charge is 0.169 e.